The zero-order chi connectivity index (χ0) is 8.10. The van der Waals surface area contributed by atoms with Gasteiger partial charge in [-0.05, 0) is 0 Å². The third-order valence-electron chi connectivity index (χ3n) is 1.10. The summed E-state index contributed by atoms with van der Waals surface area (Å²) in [5, 5.41) is 18.2. The Bertz CT molecular complexity index is 190. The number of aliphatic hydroxyl groups is 2. The Morgan fingerprint density at radius 3 is 3.09 bits per heavy atom. The second-order valence-corrected chi connectivity index (χ2v) is 3.05. The molecule has 0 bridgehead atoms. The number of hydrogen-bond donors (Lipinski definition) is 3. The minimum atomic E-state index is -0.662. The molecule has 3 N–H and O–H groups in total. The number of imidazole rings is 1. The Morgan fingerprint density at radius 1 is 1.73 bits per heavy atom. The van der Waals surface area contributed by atoms with E-state index in [1.54, 1.807) is 12.4 Å². The van der Waals surface area contributed by atoms with Gasteiger partial charge in [0, 0.05) is 18.1 Å². The molecule has 1 rings (SSSR count). The van der Waals surface area contributed by atoms with Gasteiger partial charge in [-0.2, -0.15) is 0 Å². The van der Waals surface area contributed by atoms with Crippen molar-refractivity contribution >= 4 is 11.8 Å². The number of aromatic amines is 1. The molecule has 0 spiro atoms. The van der Waals surface area contributed by atoms with Crippen LogP contribution in [0.1, 0.15) is 0 Å². The van der Waals surface area contributed by atoms with Crippen LogP contribution < -0.4 is 0 Å². The van der Waals surface area contributed by atoms with Gasteiger partial charge in [-0.15, -0.1) is 0 Å². The zero-order valence-corrected chi connectivity index (χ0v) is 6.71. The van der Waals surface area contributed by atoms with Crippen LogP contribution >= 0.6 is 11.8 Å². The summed E-state index contributed by atoms with van der Waals surface area (Å²) in [6, 6.07) is 0. The second-order valence-electron chi connectivity index (χ2n) is 2.04. The van der Waals surface area contributed by atoms with Gasteiger partial charge in [-0.3, -0.25) is 0 Å². The lowest BCUT2D eigenvalue weighted by atomic mass is 10.4. The highest BCUT2D eigenvalue weighted by atomic mass is 32.2. The Hall–Kier alpha value is -0.520. The lowest BCUT2D eigenvalue weighted by molar-refractivity contribution is 0.113. The molecule has 0 amide bonds. The summed E-state index contributed by atoms with van der Waals surface area (Å²) in [4.78, 5) is 6.81. The molecule has 0 aliphatic carbocycles. The van der Waals surface area contributed by atoms with Crippen LogP contribution in [0.15, 0.2) is 17.6 Å². The van der Waals surface area contributed by atoms with Crippen molar-refractivity contribution in [2.75, 3.05) is 12.4 Å². The molecule has 5 heteroatoms. The average molecular weight is 174 g/mol. The van der Waals surface area contributed by atoms with E-state index in [0.29, 0.717) is 5.75 Å². The first kappa shape index (κ1) is 8.58. The van der Waals surface area contributed by atoms with Crippen molar-refractivity contribution in [1.82, 2.24) is 9.97 Å². The van der Waals surface area contributed by atoms with Gasteiger partial charge in [0.15, 0.2) is 5.16 Å². The first-order chi connectivity index (χ1) is 5.33. The number of rotatable bonds is 4. The van der Waals surface area contributed by atoms with E-state index in [9.17, 15) is 0 Å². The van der Waals surface area contributed by atoms with Crippen LogP contribution in [-0.2, 0) is 0 Å². The van der Waals surface area contributed by atoms with E-state index < -0.39 is 6.10 Å². The van der Waals surface area contributed by atoms with Crippen molar-refractivity contribution in [3.8, 4) is 0 Å². The predicted molar refractivity (Wildman–Crippen MR) is 42.4 cm³/mol. The van der Waals surface area contributed by atoms with Crippen molar-refractivity contribution in [2.45, 2.75) is 11.3 Å². The first-order valence-corrected chi connectivity index (χ1v) is 4.22. The van der Waals surface area contributed by atoms with Gasteiger partial charge >= 0.3 is 0 Å². The highest BCUT2D eigenvalue weighted by Gasteiger charge is 2.03. The van der Waals surface area contributed by atoms with Gasteiger partial charge in [0.05, 0.1) is 12.7 Å². The van der Waals surface area contributed by atoms with Gasteiger partial charge in [-0.25, -0.2) is 4.98 Å². The van der Waals surface area contributed by atoms with Crippen molar-refractivity contribution in [3.63, 3.8) is 0 Å². The molecule has 1 atom stereocenters. The fourth-order valence-corrected chi connectivity index (χ4v) is 1.30. The van der Waals surface area contributed by atoms with Crippen LogP contribution in [0.25, 0.3) is 0 Å². The Balaban J connectivity index is 2.23. The van der Waals surface area contributed by atoms with Gasteiger partial charge in [0.25, 0.3) is 0 Å². The van der Waals surface area contributed by atoms with Crippen molar-refractivity contribution in [3.05, 3.63) is 12.4 Å². The minimum Gasteiger partial charge on any atom is -0.394 e. The summed E-state index contributed by atoms with van der Waals surface area (Å²) in [7, 11) is 0. The fraction of sp³-hybridized carbons (Fsp3) is 0.500. The maximum atomic E-state index is 8.94. The number of nitrogens with one attached hydrogen (secondary N) is 1. The molecule has 0 saturated carbocycles. The maximum Gasteiger partial charge on any atom is 0.165 e. The lowest BCUT2D eigenvalue weighted by Gasteiger charge is -2.03. The van der Waals surface area contributed by atoms with Crippen LogP contribution in [0.4, 0.5) is 0 Å². The molecule has 0 aliphatic heterocycles. The molecular formula is C6H10N2O2S. The predicted octanol–water partition coefficient (Wildman–Crippen LogP) is -0.145. The number of aliphatic hydroxyl groups excluding tert-OH is 2. The van der Waals surface area contributed by atoms with E-state index in [2.05, 4.69) is 9.97 Å². The summed E-state index contributed by atoms with van der Waals surface area (Å²) in [5.74, 6) is 0.462. The van der Waals surface area contributed by atoms with Crippen LogP contribution in [0.5, 0.6) is 0 Å². The average Bonchev–Trinajstić information content (AvgIpc) is 2.52. The number of aromatic nitrogens is 2. The zero-order valence-electron chi connectivity index (χ0n) is 5.90. The molecule has 0 aromatic carbocycles. The van der Waals surface area contributed by atoms with E-state index in [1.165, 1.54) is 11.8 Å². The Kier molecular flexibility index (Phi) is 3.41. The number of thioether (sulfide) groups is 1. The standard InChI is InChI=1S/C6H10N2O2S/c9-3-5(10)4-11-6-7-1-2-8-6/h1-2,5,9-10H,3-4H2,(H,7,8). The molecule has 1 aromatic rings. The maximum absolute atomic E-state index is 8.94. The molecule has 1 heterocycles. The van der Waals surface area contributed by atoms with Gasteiger partial charge in [-0.1, -0.05) is 11.8 Å². The van der Waals surface area contributed by atoms with Crippen LogP contribution in [-0.4, -0.2) is 38.6 Å². The monoisotopic (exact) mass is 174 g/mol. The molecule has 0 fully saturated rings. The van der Waals surface area contributed by atoms with Gasteiger partial charge in [0.1, 0.15) is 0 Å². The van der Waals surface area contributed by atoms with E-state index in [-0.39, 0.29) is 6.61 Å². The van der Waals surface area contributed by atoms with Crippen LogP contribution in [0.3, 0.4) is 0 Å². The third kappa shape index (κ3) is 2.92. The lowest BCUT2D eigenvalue weighted by Crippen LogP contribution is -2.14. The SMILES string of the molecule is OCC(O)CSc1ncc[nH]1. The van der Waals surface area contributed by atoms with E-state index in [4.69, 9.17) is 10.2 Å². The highest BCUT2D eigenvalue weighted by molar-refractivity contribution is 7.99. The third-order valence-corrected chi connectivity index (χ3v) is 2.14. The summed E-state index contributed by atoms with van der Waals surface area (Å²) in [5.41, 5.74) is 0. The van der Waals surface area contributed by atoms with E-state index in [0.717, 1.165) is 5.16 Å². The Labute approximate surface area is 68.7 Å². The normalized spacial score (nSPS) is 13.3. The number of hydrogen-bond acceptors (Lipinski definition) is 4. The van der Waals surface area contributed by atoms with E-state index >= 15 is 0 Å². The van der Waals surface area contributed by atoms with Gasteiger partial charge in [0.2, 0.25) is 0 Å². The van der Waals surface area contributed by atoms with Crippen molar-refractivity contribution in [2.24, 2.45) is 0 Å². The molecule has 0 aliphatic rings. The molecular weight excluding hydrogens is 164 g/mol. The molecule has 4 nitrogen and oxygen atoms in total. The highest BCUT2D eigenvalue weighted by Crippen LogP contribution is 2.12. The summed E-state index contributed by atoms with van der Waals surface area (Å²) < 4.78 is 0. The Morgan fingerprint density at radius 2 is 2.55 bits per heavy atom. The smallest absolute Gasteiger partial charge is 0.165 e. The molecule has 0 radical (unpaired) electrons. The molecule has 62 valence electrons. The minimum absolute atomic E-state index is 0.201. The largest absolute Gasteiger partial charge is 0.394 e. The summed E-state index contributed by atoms with van der Waals surface area (Å²) >= 11 is 1.38. The quantitative estimate of drug-likeness (QED) is 0.555. The number of H-pyrrole nitrogens is 1. The van der Waals surface area contributed by atoms with Crippen molar-refractivity contribution < 1.29 is 10.2 Å². The molecule has 0 saturated heterocycles. The van der Waals surface area contributed by atoms with Gasteiger partial charge < -0.3 is 15.2 Å². The molecule has 1 unspecified atom stereocenters. The summed E-state index contributed by atoms with van der Waals surface area (Å²) in [6.45, 7) is -0.201. The fourth-order valence-electron chi connectivity index (χ4n) is 0.558. The number of nitrogens with zero attached hydrogens (tertiary/aromatic N) is 1. The van der Waals surface area contributed by atoms with Crippen molar-refractivity contribution in [1.29, 1.82) is 0 Å². The molecule has 11 heavy (non-hydrogen) atoms. The van der Waals surface area contributed by atoms with E-state index in [1.807, 2.05) is 0 Å². The summed E-state index contributed by atoms with van der Waals surface area (Å²) in [6.07, 6.45) is 2.70. The second kappa shape index (κ2) is 4.38. The first-order valence-electron chi connectivity index (χ1n) is 3.24. The van der Waals surface area contributed by atoms with Crippen LogP contribution in [0, 0.1) is 0 Å². The van der Waals surface area contributed by atoms with Crippen LogP contribution in [0.2, 0.25) is 0 Å². The molecule has 1 aromatic heterocycles. The topological polar surface area (TPSA) is 69.1 Å².